The number of imide groups is 1. The van der Waals surface area contributed by atoms with Crippen LogP contribution in [0.2, 0.25) is 0 Å². The maximum absolute atomic E-state index is 14.7. The van der Waals surface area contributed by atoms with Crippen molar-refractivity contribution in [3.63, 3.8) is 0 Å². The fourth-order valence-corrected chi connectivity index (χ4v) is 15.5. The van der Waals surface area contributed by atoms with E-state index in [-0.39, 0.29) is 192 Å². The van der Waals surface area contributed by atoms with Gasteiger partial charge in [0.2, 0.25) is 23.6 Å². The lowest BCUT2D eigenvalue weighted by molar-refractivity contribution is -0.149. The largest absolute Gasteiger partial charge is 0.379 e. The topological polar surface area (TPSA) is 343 Å². The van der Waals surface area contributed by atoms with E-state index in [1.165, 1.54) is 38.5 Å². The molecule has 0 unspecified atom stereocenters. The highest BCUT2D eigenvalue weighted by Gasteiger charge is 2.48. The molecule has 2 aliphatic heterocycles. The van der Waals surface area contributed by atoms with Gasteiger partial charge in [0.25, 0.3) is 21.8 Å². The van der Waals surface area contributed by atoms with E-state index >= 15 is 0 Å². The molecule has 8 amide bonds. The summed E-state index contributed by atoms with van der Waals surface area (Å²) in [5, 5.41) is 5.42. The average Bonchev–Trinajstić information content (AvgIpc) is 1.60. The summed E-state index contributed by atoms with van der Waals surface area (Å²) < 4.78 is 59.5. The molecule has 2 heterocycles. The van der Waals surface area contributed by atoms with Gasteiger partial charge in [-0.25, -0.2) is 17.9 Å². The Kier molecular flexibility index (Phi) is 35.6. The van der Waals surface area contributed by atoms with E-state index < -0.39 is 87.3 Å². The van der Waals surface area contributed by atoms with Crippen molar-refractivity contribution < 1.29 is 84.8 Å². The van der Waals surface area contributed by atoms with E-state index in [2.05, 4.69) is 15.4 Å². The minimum atomic E-state index is -4.55. The van der Waals surface area contributed by atoms with Crippen LogP contribution in [0.5, 0.6) is 0 Å². The normalized spacial score (nSPS) is 18.0. The van der Waals surface area contributed by atoms with Gasteiger partial charge in [-0.05, 0) is 106 Å². The first-order chi connectivity index (χ1) is 49.2. The monoisotopic (exact) mass is 1470 g/mol. The molecule has 2 aromatic rings. The van der Waals surface area contributed by atoms with Crippen LogP contribution in [0.1, 0.15) is 157 Å². The first-order valence-corrected chi connectivity index (χ1v) is 38.4. The molecule has 26 nitrogen and oxygen atoms in total. The molecule has 580 valence electrons. The average molecular weight is 1480 g/mol. The number of rotatable bonds is 50. The Hall–Kier alpha value is -7.14. The summed E-state index contributed by atoms with van der Waals surface area (Å²) in [5.74, 6) is -7.41. The van der Waals surface area contributed by atoms with Gasteiger partial charge in [-0.1, -0.05) is 111 Å². The standard InChI is InChI=1S/C77H118N8O18S/c1-15-52(8)71(83(12)75(95)60(50(4)5)46-64(88)70(51(6)7)82(10)11)66(99-13)47-69(92)84-35-20-24-62(84)72(100-14)53(9)63(87)44-55(43-54-21-17-16-18-22-54)73(93)81-104(97,98)58-27-25-56(26-28-58)77(32-33-77)48-65(89)61(23-19-34-79-76(78)96)80-74(94)59(49(2)3)45-57(86)31-37-101-39-41-103-42-40-102-38-36-85-67(90)29-30-68(85)91/h16-18,21-22,25-30,49-53,55,59-62,66,70-72H,15,19-20,23-24,31-48H2,1-14H3,(H,80,94)(H,81,93)(H3,78,79,96)/t52-,53-,55+,59-,60-,61-,62-,66+,70-,71-,72+/m0/s1. The molecule has 5 N–H and O–H groups in total. The van der Waals surface area contributed by atoms with E-state index in [1.807, 2.05) is 74.4 Å². The van der Waals surface area contributed by atoms with Crippen LogP contribution in [0, 0.1) is 47.3 Å². The van der Waals surface area contributed by atoms with E-state index in [0.29, 0.717) is 49.8 Å². The van der Waals surface area contributed by atoms with Crippen molar-refractivity contribution in [1.82, 2.24) is 35.0 Å². The van der Waals surface area contributed by atoms with Crippen molar-refractivity contribution in [2.45, 2.75) is 199 Å². The van der Waals surface area contributed by atoms with Crippen LogP contribution in [0.4, 0.5) is 4.79 Å². The summed E-state index contributed by atoms with van der Waals surface area (Å²) in [6.45, 7) is 19.0. The lowest BCUT2D eigenvalue weighted by Crippen LogP contribution is -2.54. The highest BCUT2D eigenvalue weighted by Crippen LogP contribution is 2.51. The van der Waals surface area contributed by atoms with Crippen LogP contribution in [-0.2, 0) is 93.5 Å². The number of nitrogens with zero attached hydrogens (tertiary/aromatic N) is 4. The van der Waals surface area contributed by atoms with Crippen LogP contribution < -0.4 is 21.1 Å². The number of amides is 8. The zero-order chi connectivity index (χ0) is 77.2. The zero-order valence-electron chi connectivity index (χ0n) is 63.8. The number of methoxy groups -OCH3 is 2. The number of urea groups is 1. The number of ether oxygens (including phenoxy) is 5. The van der Waals surface area contributed by atoms with Crippen molar-refractivity contribution in [2.75, 3.05) is 94.6 Å². The summed E-state index contributed by atoms with van der Waals surface area (Å²) in [7, 11) is 3.90. The molecule has 0 spiro atoms. The van der Waals surface area contributed by atoms with Crippen LogP contribution in [0.25, 0.3) is 0 Å². The van der Waals surface area contributed by atoms with Crippen LogP contribution >= 0.6 is 0 Å². The lowest BCUT2D eigenvalue weighted by Gasteiger charge is -2.41. The van der Waals surface area contributed by atoms with Gasteiger partial charge in [0.15, 0.2) is 11.6 Å². The number of hydrogen-bond acceptors (Lipinski definition) is 19. The van der Waals surface area contributed by atoms with Gasteiger partial charge in [0.1, 0.15) is 11.6 Å². The predicted octanol–water partition coefficient (Wildman–Crippen LogP) is 6.57. The minimum Gasteiger partial charge on any atom is -0.379 e. The molecule has 0 radical (unpaired) electrons. The number of ketones is 4. The number of likely N-dealkylation sites (tertiary alicyclic amines) is 1. The van der Waals surface area contributed by atoms with Crippen LogP contribution in [0.15, 0.2) is 71.6 Å². The second kappa shape index (κ2) is 42.3. The maximum Gasteiger partial charge on any atom is 0.312 e. The molecule has 2 aromatic carbocycles. The van der Waals surface area contributed by atoms with Gasteiger partial charge >= 0.3 is 6.03 Å². The number of sulfonamides is 1. The summed E-state index contributed by atoms with van der Waals surface area (Å²) in [6.07, 6.45) is 3.79. The van der Waals surface area contributed by atoms with Gasteiger partial charge in [-0.3, -0.25) is 57.7 Å². The number of nitrogens with two attached hydrogens (primary N) is 1. The van der Waals surface area contributed by atoms with Gasteiger partial charge in [0, 0.05) is 108 Å². The number of carbonyl (C=O) groups is 11. The molecule has 1 saturated carbocycles. The van der Waals surface area contributed by atoms with Crippen molar-refractivity contribution in [1.29, 1.82) is 0 Å². The fourth-order valence-electron chi connectivity index (χ4n) is 14.4. The Balaban J connectivity index is 1.21. The number of nitrogens with one attached hydrogen (secondary N) is 3. The first-order valence-electron chi connectivity index (χ1n) is 36.9. The van der Waals surface area contributed by atoms with Crippen LogP contribution in [-0.4, -0.2) is 224 Å². The molecule has 104 heavy (non-hydrogen) atoms. The van der Waals surface area contributed by atoms with E-state index in [1.54, 1.807) is 66.2 Å². The smallest absolute Gasteiger partial charge is 0.312 e. The molecule has 1 saturated heterocycles. The van der Waals surface area contributed by atoms with Crippen molar-refractivity contribution in [2.24, 2.45) is 53.1 Å². The number of Topliss-reactive ketones (excluding diaryl/α,β-unsaturated/α-hetero) is 4. The Morgan fingerprint density at radius 2 is 1.31 bits per heavy atom. The molecule has 11 atom stereocenters. The molecule has 3 aliphatic rings. The molecular weight excluding hydrogens is 1360 g/mol. The maximum atomic E-state index is 14.7. The zero-order valence-corrected chi connectivity index (χ0v) is 64.6. The molecular formula is C77H118N8O18S. The third kappa shape index (κ3) is 25.8. The Bertz CT molecular complexity index is 3320. The highest BCUT2D eigenvalue weighted by molar-refractivity contribution is 7.90. The van der Waals surface area contributed by atoms with Gasteiger partial charge in [0.05, 0.1) is 93.9 Å². The van der Waals surface area contributed by atoms with Crippen molar-refractivity contribution in [3.05, 3.63) is 77.9 Å². The summed E-state index contributed by atoms with van der Waals surface area (Å²) in [5.41, 5.74) is 5.96. The molecule has 0 bridgehead atoms. The number of likely N-dealkylation sites (N-methyl/N-ethyl adjacent to an activating group) is 2. The molecule has 1 aliphatic carbocycles. The van der Waals surface area contributed by atoms with E-state index in [9.17, 15) is 61.2 Å². The minimum absolute atomic E-state index is 0.00851. The third-order valence-corrected chi connectivity index (χ3v) is 22.2. The summed E-state index contributed by atoms with van der Waals surface area (Å²) in [6, 6.07) is 11.6. The first kappa shape index (κ1) is 87.5. The third-order valence-electron chi connectivity index (χ3n) is 20.8. The molecule has 0 aromatic heterocycles. The van der Waals surface area contributed by atoms with Crippen molar-refractivity contribution >= 4 is 74.6 Å². The van der Waals surface area contributed by atoms with Crippen molar-refractivity contribution in [3.8, 4) is 0 Å². The number of benzene rings is 2. The highest BCUT2D eigenvalue weighted by atomic mass is 32.2. The van der Waals surface area contributed by atoms with E-state index in [4.69, 9.17) is 29.4 Å². The predicted molar refractivity (Wildman–Crippen MR) is 392 cm³/mol. The second-order valence-electron chi connectivity index (χ2n) is 29.6. The number of carbonyl (C=O) groups excluding carboxylic acids is 11. The molecule has 5 rings (SSSR count). The summed E-state index contributed by atoms with van der Waals surface area (Å²) >= 11 is 0. The van der Waals surface area contributed by atoms with E-state index in [0.717, 1.165) is 4.90 Å². The molecule has 27 heteroatoms. The SMILES string of the molecule is CC[C@H](C)[C@@H]([C@@H](CC(=O)N1CCC[C@H]1[C@H](OC)[C@@H](C)C(=O)C[C@@H](Cc1ccccc1)C(=O)NS(=O)(=O)c1ccc(C2(CC(=O)[C@H](CCCNC(N)=O)NC(=O)[C@@H](CC(=O)CCOCCOCCOCCN3C(=O)C=CC3=O)C(C)C)CC2)cc1)OC)N(C)C(=O)[C@@H](CC(=O)[C@H](C(C)C)N(C)C)C(C)C. The van der Waals surface area contributed by atoms with Gasteiger partial charge in [-0.2, -0.15) is 0 Å². The van der Waals surface area contributed by atoms with Gasteiger partial charge < -0.3 is 49.9 Å². The van der Waals surface area contributed by atoms with Crippen LogP contribution in [0.3, 0.4) is 0 Å². The second-order valence-corrected chi connectivity index (χ2v) is 31.3. The summed E-state index contributed by atoms with van der Waals surface area (Å²) in [4.78, 5) is 155. The van der Waals surface area contributed by atoms with Gasteiger partial charge in [-0.15, -0.1) is 0 Å². The Labute approximate surface area is 616 Å². The number of hydrogen-bond donors (Lipinski definition) is 4. The fraction of sp³-hybridized carbons (Fsp3) is 0.675. The Morgan fingerprint density at radius 3 is 1.86 bits per heavy atom. The Morgan fingerprint density at radius 1 is 0.702 bits per heavy atom. The molecule has 2 fully saturated rings. The quantitative estimate of drug-likeness (QED) is 0.0402. The number of primary amides is 1. The lowest BCUT2D eigenvalue weighted by atomic mass is 9.83.